The SMILES string of the molecule is CCCCN(CCO)C(C)COC. The maximum atomic E-state index is 8.87. The first-order valence-electron chi connectivity index (χ1n) is 5.10. The van der Waals surface area contributed by atoms with Crippen LogP contribution in [-0.2, 0) is 4.74 Å². The Morgan fingerprint density at radius 2 is 2.08 bits per heavy atom. The number of aliphatic hydroxyl groups is 1. The molecule has 3 nitrogen and oxygen atoms in total. The fourth-order valence-corrected chi connectivity index (χ4v) is 1.39. The van der Waals surface area contributed by atoms with E-state index in [0.717, 1.165) is 19.7 Å². The molecule has 0 aliphatic heterocycles. The van der Waals surface area contributed by atoms with Crippen LogP contribution in [0, 0.1) is 0 Å². The van der Waals surface area contributed by atoms with E-state index >= 15 is 0 Å². The first kappa shape index (κ1) is 12.9. The highest BCUT2D eigenvalue weighted by atomic mass is 16.5. The van der Waals surface area contributed by atoms with Crippen molar-refractivity contribution in [1.29, 1.82) is 0 Å². The number of hydrogen-bond donors (Lipinski definition) is 1. The van der Waals surface area contributed by atoms with Crippen molar-refractivity contribution in [2.45, 2.75) is 32.7 Å². The monoisotopic (exact) mass is 189 g/mol. The second-order valence-corrected chi connectivity index (χ2v) is 3.42. The van der Waals surface area contributed by atoms with E-state index in [1.807, 2.05) is 0 Å². The topological polar surface area (TPSA) is 32.7 Å². The molecule has 0 aliphatic carbocycles. The molecule has 0 saturated heterocycles. The molecule has 0 heterocycles. The number of ether oxygens (including phenoxy) is 1. The highest BCUT2D eigenvalue weighted by Crippen LogP contribution is 2.01. The third-order valence-electron chi connectivity index (χ3n) is 2.22. The Kier molecular flexibility index (Phi) is 8.40. The van der Waals surface area contributed by atoms with Gasteiger partial charge in [0.1, 0.15) is 0 Å². The molecule has 0 fully saturated rings. The summed E-state index contributed by atoms with van der Waals surface area (Å²) in [5, 5.41) is 8.87. The third-order valence-corrected chi connectivity index (χ3v) is 2.22. The largest absolute Gasteiger partial charge is 0.395 e. The summed E-state index contributed by atoms with van der Waals surface area (Å²) in [7, 11) is 1.72. The third kappa shape index (κ3) is 6.02. The lowest BCUT2D eigenvalue weighted by atomic mass is 10.2. The normalized spacial score (nSPS) is 13.6. The molecular formula is C10H23NO2. The van der Waals surface area contributed by atoms with Crippen molar-refractivity contribution in [2.24, 2.45) is 0 Å². The lowest BCUT2D eigenvalue weighted by Gasteiger charge is -2.27. The summed E-state index contributed by atoms with van der Waals surface area (Å²) in [6, 6.07) is 0.406. The van der Waals surface area contributed by atoms with Gasteiger partial charge in [-0.05, 0) is 19.9 Å². The second kappa shape index (κ2) is 8.48. The van der Waals surface area contributed by atoms with E-state index in [-0.39, 0.29) is 6.61 Å². The molecule has 3 heteroatoms. The van der Waals surface area contributed by atoms with E-state index in [4.69, 9.17) is 9.84 Å². The lowest BCUT2D eigenvalue weighted by molar-refractivity contribution is 0.0844. The molecule has 0 bridgehead atoms. The molecule has 0 aromatic heterocycles. The van der Waals surface area contributed by atoms with Crippen molar-refractivity contribution < 1.29 is 9.84 Å². The molecule has 0 aromatic carbocycles. The van der Waals surface area contributed by atoms with Crippen LogP contribution in [0.5, 0.6) is 0 Å². The van der Waals surface area contributed by atoms with Crippen LogP contribution in [0.2, 0.25) is 0 Å². The van der Waals surface area contributed by atoms with E-state index in [0.29, 0.717) is 6.04 Å². The van der Waals surface area contributed by atoms with Crippen LogP contribution >= 0.6 is 0 Å². The van der Waals surface area contributed by atoms with E-state index < -0.39 is 0 Å². The Balaban J connectivity index is 3.75. The first-order chi connectivity index (χ1) is 6.26. The number of nitrogens with zero attached hydrogens (tertiary/aromatic N) is 1. The van der Waals surface area contributed by atoms with E-state index in [1.54, 1.807) is 7.11 Å². The summed E-state index contributed by atoms with van der Waals surface area (Å²) in [5.41, 5.74) is 0. The van der Waals surface area contributed by atoms with Gasteiger partial charge in [0.15, 0.2) is 0 Å². The minimum Gasteiger partial charge on any atom is -0.395 e. The van der Waals surface area contributed by atoms with Crippen LogP contribution in [0.15, 0.2) is 0 Å². The smallest absolute Gasteiger partial charge is 0.0615 e. The quantitative estimate of drug-likeness (QED) is 0.621. The highest BCUT2D eigenvalue weighted by Gasteiger charge is 2.11. The van der Waals surface area contributed by atoms with Gasteiger partial charge in [-0.25, -0.2) is 0 Å². The molecule has 0 aliphatic rings. The lowest BCUT2D eigenvalue weighted by Crippen LogP contribution is -2.38. The molecular weight excluding hydrogens is 166 g/mol. The molecule has 0 spiro atoms. The molecule has 0 amide bonds. The predicted octanol–water partition coefficient (Wildman–Crippen LogP) is 1.12. The summed E-state index contributed by atoms with van der Waals surface area (Å²) in [6.45, 7) is 7.10. The standard InChI is InChI=1S/C10H23NO2/c1-4-5-6-11(7-8-12)10(2)9-13-3/h10,12H,4-9H2,1-3H3. The average molecular weight is 189 g/mol. The van der Waals surface area contributed by atoms with Gasteiger partial charge in [0, 0.05) is 19.7 Å². The summed E-state index contributed by atoms with van der Waals surface area (Å²) in [5.74, 6) is 0. The van der Waals surface area contributed by atoms with Gasteiger partial charge in [-0.2, -0.15) is 0 Å². The zero-order valence-corrected chi connectivity index (χ0v) is 9.12. The molecule has 80 valence electrons. The van der Waals surface area contributed by atoms with Crippen LogP contribution in [-0.4, -0.2) is 49.5 Å². The number of hydrogen-bond acceptors (Lipinski definition) is 3. The molecule has 0 rings (SSSR count). The Hall–Kier alpha value is -0.120. The maximum absolute atomic E-state index is 8.87. The number of rotatable bonds is 8. The summed E-state index contributed by atoms with van der Waals surface area (Å²) in [6.07, 6.45) is 2.38. The molecule has 1 atom stereocenters. The molecule has 0 saturated carbocycles. The fraction of sp³-hybridized carbons (Fsp3) is 1.00. The molecule has 1 N–H and O–H groups in total. The van der Waals surface area contributed by atoms with Crippen LogP contribution < -0.4 is 0 Å². The molecule has 0 radical (unpaired) electrons. The minimum absolute atomic E-state index is 0.234. The van der Waals surface area contributed by atoms with Crippen molar-refractivity contribution in [3.63, 3.8) is 0 Å². The predicted molar refractivity (Wildman–Crippen MR) is 54.9 cm³/mol. The van der Waals surface area contributed by atoms with Crippen molar-refractivity contribution in [3.05, 3.63) is 0 Å². The van der Waals surface area contributed by atoms with Gasteiger partial charge in [0.05, 0.1) is 13.2 Å². The number of aliphatic hydroxyl groups excluding tert-OH is 1. The van der Waals surface area contributed by atoms with Crippen LogP contribution in [0.25, 0.3) is 0 Å². The van der Waals surface area contributed by atoms with Gasteiger partial charge >= 0.3 is 0 Å². The van der Waals surface area contributed by atoms with E-state index in [1.165, 1.54) is 12.8 Å². The Bertz CT molecular complexity index is 109. The number of methoxy groups -OCH3 is 1. The first-order valence-corrected chi connectivity index (χ1v) is 5.10. The summed E-state index contributed by atoms with van der Waals surface area (Å²) < 4.78 is 5.09. The zero-order chi connectivity index (χ0) is 10.1. The summed E-state index contributed by atoms with van der Waals surface area (Å²) in [4.78, 5) is 2.27. The minimum atomic E-state index is 0.234. The average Bonchev–Trinajstić information content (AvgIpc) is 2.12. The Morgan fingerprint density at radius 3 is 2.54 bits per heavy atom. The van der Waals surface area contributed by atoms with E-state index in [2.05, 4.69) is 18.7 Å². The summed E-state index contributed by atoms with van der Waals surface area (Å²) >= 11 is 0. The van der Waals surface area contributed by atoms with Crippen LogP contribution in [0.1, 0.15) is 26.7 Å². The fourth-order valence-electron chi connectivity index (χ4n) is 1.39. The zero-order valence-electron chi connectivity index (χ0n) is 9.12. The van der Waals surface area contributed by atoms with Gasteiger partial charge in [0.2, 0.25) is 0 Å². The van der Waals surface area contributed by atoms with Crippen molar-refractivity contribution in [3.8, 4) is 0 Å². The molecule has 13 heavy (non-hydrogen) atoms. The van der Waals surface area contributed by atoms with E-state index in [9.17, 15) is 0 Å². The Labute approximate surface area is 81.7 Å². The van der Waals surface area contributed by atoms with Gasteiger partial charge in [-0.1, -0.05) is 13.3 Å². The van der Waals surface area contributed by atoms with Crippen molar-refractivity contribution >= 4 is 0 Å². The highest BCUT2D eigenvalue weighted by molar-refractivity contribution is 4.65. The van der Waals surface area contributed by atoms with Crippen molar-refractivity contribution in [1.82, 2.24) is 4.90 Å². The number of unbranched alkanes of at least 4 members (excludes halogenated alkanes) is 1. The van der Waals surface area contributed by atoms with Crippen molar-refractivity contribution in [2.75, 3.05) is 33.4 Å². The van der Waals surface area contributed by atoms with Gasteiger partial charge in [-0.15, -0.1) is 0 Å². The van der Waals surface area contributed by atoms with Gasteiger partial charge < -0.3 is 9.84 Å². The van der Waals surface area contributed by atoms with Crippen LogP contribution in [0.4, 0.5) is 0 Å². The van der Waals surface area contributed by atoms with Crippen LogP contribution in [0.3, 0.4) is 0 Å². The van der Waals surface area contributed by atoms with Gasteiger partial charge in [0.25, 0.3) is 0 Å². The molecule has 0 aromatic rings. The maximum Gasteiger partial charge on any atom is 0.0615 e. The second-order valence-electron chi connectivity index (χ2n) is 3.42. The van der Waals surface area contributed by atoms with Gasteiger partial charge in [-0.3, -0.25) is 4.90 Å². The molecule has 1 unspecified atom stereocenters. The Morgan fingerprint density at radius 1 is 1.38 bits per heavy atom.